The molecule has 9 nitrogen and oxygen atoms in total. The first-order valence-electron chi connectivity index (χ1n) is 9.76. The highest BCUT2D eigenvalue weighted by atomic mass is 32.2. The second kappa shape index (κ2) is 9.53. The summed E-state index contributed by atoms with van der Waals surface area (Å²) in [6.07, 6.45) is 0. The zero-order valence-corrected chi connectivity index (χ0v) is 19.2. The molecule has 0 bridgehead atoms. The van der Waals surface area contributed by atoms with Crippen LogP contribution in [0.1, 0.15) is 6.92 Å². The molecular formula is C20H24FN3O6S2. The average Bonchev–Trinajstić information content (AvgIpc) is 2.78. The third-order valence-electron chi connectivity index (χ3n) is 5.08. The molecule has 0 radical (unpaired) electrons. The summed E-state index contributed by atoms with van der Waals surface area (Å²) in [5.41, 5.74) is 0. The molecule has 1 heterocycles. The van der Waals surface area contributed by atoms with E-state index in [1.54, 1.807) is 0 Å². The number of piperazine rings is 1. The number of carbonyl (C=O) groups is 1. The van der Waals surface area contributed by atoms with Crippen molar-refractivity contribution in [2.75, 3.05) is 33.3 Å². The van der Waals surface area contributed by atoms with Crippen LogP contribution in [0.4, 0.5) is 4.39 Å². The Bertz CT molecular complexity index is 1180. The number of sulfonamides is 2. The van der Waals surface area contributed by atoms with E-state index in [1.165, 1.54) is 61.4 Å². The van der Waals surface area contributed by atoms with Crippen LogP contribution in [0, 0.1) is 5.82 Å². The zero-order chi connectivity index (χ0) is 23.5. The summed E-state index contributed by atoms with van der Waals surface area (Å²) in [5, 5.41) is 0. The molecule has 1 atom stereocenters. The van der Waals surface area contributed by atoms with Crippen molar-refractivity contribution in [3.05, 3.63) is 54.3 Å². The summed E-state index contributed by atoms with van der Waals surface area (Å²) in [6, 6.07) is 9.77. The summed E-state index contributed by atoms with van der Waals surface area (Å²) in [6.45, 7) is 1.48. The van der Waals surface area contributed by atoms with Gasteiger partial charge in [0.05, 0.1) is 18.0 Å². The highest BCUT2D eigenvalue weighted by molar-refractivity contribution is 7.89. The standard InChI is InChI=1S/C20H24FN3O6S2/c1-15(22-31(26,27)17-9-7-16(30-2)8-10-17)20(25)23-11-13-24(14-12-23)32(28,29)19-6-4-3-5-18(19)21/h3-10,15,22H,11-14H2,1-2H3/t15-/m0/s1. The molecule has 174 valence electrons. The van der Waals surface area contributed by atoms with Crippen LogP contribution in [-0.2, 0) is 24.8 Å². The van der Waals surface area contributed by atoms with Gasteiger partial charge >= 0.3 is 0 Å². The van der Waals surface area contributed by atoms with Crippen molar-refractivity contribution < 1.29 is 30.8 Å². The molecule has 1 fully saturated rings. The fourth-order valence-electron chi connectivity index (χ4n) is 3.32. The lowest BCUT2D eigenvalue weighted by Crippen LogP contribution is -2.55. The van der Waals surface area contributed by atoms with E-state index < -0.39 is 42.7 Å². The highest BCUT2D eigenvalue weighted by Gasteiger charge is 2.33. The van der Waals surface area contributed by atoms with Crippen LogP contribution >= 0.6 is 0 Å². The second-order valence-corrected chi connectivity index (χ2v) is 10.8. The van der Waals surface area contributed by atoms with Crippen LogP contribution in [0.25, 0.3) is 0 Å². The monoisotopic (exact) mass is 485 g/mol. The van der Waals surface area contributed by atoms with Gasteiger partial charge in [-0.05, 0) is 43.3 Å². The van der Waals surface area contributed by atoms with Crippen molar-refractivity contribution in [3.63, 3.8) is 0 Å². The van der Waals surface area contributed by atoms with Gasteiger partial charge in [0.2, 0.25) is 26.0 Å². The highest BCUT2D eigenvalue weighted by Crippen LogP contribution is 2.21. The zero-order valence-electron chi connectivity index (χ0n) is 17.6. The van der Waals surface area contributed by atoms with Gasteiger partial charge in [0.25, 0.3) is 0 Å². The third kappa shape index (κ3) is 5.09. The van der Waals surface area contributed by atoms with Gasteiger partial charge in [-0.15, -0.1) is 0 Å². The maximum Gasteiger partial charge on any atom is 0.246 e. The molecule has 1 saturated heterocycles. The van der Waals surface area contributed by atoms with Gasteiger partial charge in [-0.1, -0.05) is 12.1 Å². The van der Waals surface area contributed by atoms with Gasteiger partial charge in [0.15, 0.2) is 0 Å². The number of halogens is 1. The molecule has 1 aliphatic heterocycles. The average molecular weight is 486 g/mol. The van der Waals surface area contributed by atoms with Crippen molar-refractivity contribution in [2.24, 2.45) is 0 Å². The first kappa shape index (κ1) is 24.1. The number of hydrogen-bond acceptors (Lipinski definition) is 6. The number of methoxy groups -OCH3 is 1. The predicted molar refractivity (Wildman–Crippen MR) is 115 cm³/mol. The molecule has 0 unspecified atom stereocenters. The van der Waals surface area contributed by atoms with Gasteiger partial charge in [-0.2, -0.15) is 9.03 Å². The molecule has 0 saturated carbocycles. The molecule has 1 amide bonds. The smallest absolute Gasteiger partial charge is 0.246 e. The Labute approximate surface area is 186 Å². The Hall–Kier alpha value is -2.54. The Kier molecular flexibility index (Phi) is 7.18. The van der Waals surface area contributed by atoms with E-state index in [0.29, 0.717) is 5.75 Å². The van der Waals surface area contributed by atoms with Gasteiger partial charge in [-0.25, -0.2) is 21.2 Å². The van der Waals surface area contributed by atoms with Gasteiger partial charge < -0.3 is 9.64 Å². The summed E-state index contributed by atoms with van der Waals surface area (Å²) in [5.74, 6) is -0.825. The van der Waals surface area contributed by atoms with Crippen LogP contribution in [0.3, 0.4) is 0 Å². The molecule has 2 aromatic carbocycles. The van der Waals surface area contributed by atoms with Crippen molar-refractivity contribution in [1.29, 1.82) is 0 Å². The van der Waals surface area contributed by atoms with E-state index in [4.69, 9.17) is 4.74 Å². The lowest BCUT2D eigenvalue weighted by atomic mass is 10.2. The fourth-order valence-corrected chi connectivity index (χ4v) is 6.01. The number of amides is 1. The Morgan fingerprint density at radius 1 is 1.00 bits per heavy atom. The number of rotatable bonds is 7. The van der Waals surface area contributed by atoms with Crippen molar-refractivity contribution in [1.82, 2.24) is 13.9 Å². The summed E-state index contributed by atoms with van der Waals surface area (Å²) in [7, 11) is -6.52. The van der Waals surface area contributed by atoms with E-state index in [2.05, 4.69) is 4.72 Å². The summed E-state index contributed by atoms with van der Waals surface area (Å²) >= 11 is 0. The molecule has 0 aliphatic carbocycles. The molecule has 32 heavy (non-hydrogen) atoms. The topological polar surface area (TPSA) is 113 Å². The van der Waals surface area contributed by atoms with Crippen LogP contribution in [0.2, 0.25) is 0 Å². The predicted octanol–water partition coefficient (Wildman–Crippen LogP) is 1.03. The lowest BCUT2D eigenvalue weighted by Gasteiger charge is -2.35. The molecule has 1 N–H and O–H groups in total. The first-order chi connectivity index (χ1) is 15.1. The molecule has 2 aromatic rings. The minimum absolute atomic E-state index is 0.0150. The van der Waals surface area contributed by atoms with E-state index >= 15 is 0 Å². The SMILES string of the molecule is COc1ccc(S(=O)(=O)N[C@@H](C)C(=O)N2CCN(S(=O)(=O)c3ccccc3F)CC2)cc1. The molecule has 0 aromatic heterocycles. The van der Waals surface area contributed by atoms with Crippen LogP contribution < -0.4 is 9.46 Å². The van der Waals surface area contributed by atoms with E-state index in [-0.39, 0.29) is 31.1 Å². The van der Waals surface area contributed by atoms with E-state index in [9.17, 15) is 26.0 Å². The van der Waals surface area contributed by atoms with Gasteiger partial charge in [0.1, 0.15) is 16.5 Å². The van der Waals surface area contributed by atoms with Crippen LogP contribution in [-0.4, -0.2) is 71.3 Å². The van der Waals surface area contributed by atoms with E-state index in [0.717, 1.165) is 10.4 Å². The normalized spacial score (nSPS) is 16.5. The fraction of sp³-hybridized carbons (Fsp3) is 0.350. The molecule has 12 heteroatoms. The molecule has 1 aliphatic rings. The third-order valence-corrected chi connectivity index (χ3v) is 8.57. The number of nitrogens with one attached hydrogen (secondary N) is 1. The maximum atomic E-state index is 13.9. The minimum Gasteiger partial charge on any atom is -0.497 e. The van der Waals surface area contributed by atoms with Crippen molar-refractivity contribution in [2.45, 2.75) is 22.8 Å². The Morgan fingerprint density at radius 3 is 2.16 bits per heavy atom. The number of ether oxygens (including phenoxy) is 1. The largest absolute Gasteiger partial charge is 0.497 e. The number of nitrogens with zero attached hydrogens (tertiary/aromatic N) is 2. The van der Waals surface area contributed by atoms with Crippen molar-refractivity contribution >= 4 is 26.0 Å². The molecule has 0 spiro atoms. The second-order valence-electron chi connectivity index (χ2n) is 7.18. The number of carbonyl (C=O) groups excluding carboxylic acids is 1. The van der Waals surface area contributed by atoms with Crippen LogP contribution in [0.15, 0.2) is 58.3 Å². The molecular weight excluding hydrogens is 461 g/mol. The maximum absolute atomic E-state index is 13.9. The first-order valence-corrected chi connectivity index (χ1v) is 12.7. The summed E-state index contributed by atoms with van der Waals surface area (Å²) in [4.78, 5) is 13.7. The lowest BCUT2D eigenvalue weighted by molar-refractivity contribution is -0.133. The number of hydrogen-bond donors (Lipinski definition) is 1. The summed E-state index contributed by atoms with van der Waals surface area (Å²) < 4.78 is 72.9. The van der Waals surface area contributed by atoms with Crippen LogP contribution in [0.5, 0.6) is 5.75 Å². The quantitative estimate of drug-likeness (QED) is 0.627. The van der Waals surface area contributed by atoms with E-state index in [1.807, 2.05) is 0 Å². The molecule has 3 rings (SSSR count). The minimum atomic E-state index is -4.03. The number of benzene rings is 2. The Balaban J connectivity index is 1.62. The Morgan fingerprint density at radius 2 is 1.59 bits per heavy atom. The van der Waals surface area contributed by atoms with Crippen molar-refractivity contribution in [3.8, 4) is 5.75 Å². The van der Waals surface area contributed by atoms with Gasteiger partial charge in [-0.3, -0.25) is 4.79 Å². The van der Waals surface area contributed by atoms with Gasteiger partial charge in [0, 0.05) is 26.2 Å².